The fourth-order valence-electron chi connectivity index (χ4n) is 0.826. The van der Waals surface area contributed by atoms with Gasteiger partial charge in [0.2, 0.25) is 0 Å². The molecule has 1 aromatic rings. The van der Waals surface area contributed by atoms with E-state index in [2.05, 4.69) is 0 Å². The molecule has 0 aromatic heterocycles. The van der Waals surface area contributed by atoms with E-state index in [0.717, 1.165) is 6.07 Å². The molecule has 5 heteroatoms. The summed E-state index contributed by atoms with van der Waals surface area (Å²) in [6.45, 7) is 1.29. The Hall–Kier alpha value is -1.78. The van der Waals surface area contributed by atoms with Gasteiger partial charge >= 0.3 is 5.97 Å². The minimum absolute atomic E-state index is 0.197. The van der Waals surface area contributed by atoms with E-state index in [1.165, 1.54) is 19.1 Å². The maximum Gasteiger partial charge on any atom is 0.344 e. The Balaban J connectivity index is 2.82. The molecule has 1 unspecified atom stereocenters. The molecule has 0 saturated carbocycles. The van der Waals surface area contributed by atoms with Gasteiger partial charge in [0.05, 0.1) is 0 Å². The summed E-state index contributed by atoms with van der Waals surface area (Å²) >= 11 is 0. The molecule has 4 nitrogen and oxygen atoms in total. The second-order valence-corrected chi connectivity index (χ2v) is 2.71. The summed E-state index contributed by atoms with van der Waals surface area (Å²) in [4.78, 5) is 10.4. The van der Waals surface area contributed by atoms with Crippen LogP contribution in [-0.4, -0.2) is 22.3 Å². The number of hydrogen-bond acceptors (Lipinski definition) is 3. The largest absolute Gasteiger partial charge is 0.508 e. The van der Waals surface area contributed by atoms with E-state index in [-0.39, 0.29) is 11.5 Å². The molecule has 76 valence electrons. The molecular weight excluding hydrogens is 191 g/mol. The van der Waals surface area contributed by atoms with Crippen LogP contribution in [0.5, 0.6) is 11.5 Å². The molecule has 0 aliphatic carbocycles. The number of hydrogen-bond donors (Lipinski definition) is 2. The topological polar surface area (TPSA) is 66.8 Å². The quantitative estimate of drug-likeness (QED) is 0.773. The average molecular weight is 200 g/mol. The second kappa shape index (κ2) is 3.95. The van der Waals surface area contributed by atoms with Gasteiger partial charge in [0.1, 0.15) is 5.75 Å². The Bertz CT molecular complexity index is 351. The number of ether oxygens (including phenoxy) is 1. The smallest absolute Gasteiger partial charge is 0.344 e. The molecule has 0 spiro atoms. The monoisotopic (exact) mass is 200 g/mol. The Labute approximate surface area is 79.6 Å². The van der Waals surface area contributed by atoms with E-state index in [0.29, 0.717) is 0 Å². The molecule has 14 heavy (non-hydrogen) atoms. The van der Waals surface area contributed by atoms with Crippen LogP contribution in [0, 0.1) is 5.82 Å². The fraction of sp³-hybridized carbons (Fsp3) is 0.222. The third-order valence-electron chi connectivity index (χ3n) is 1.57. The third-order valence-corrected chi connectivity index (χ3v) is 1.57. The van der Waals surface area contributed by atoms with Gasteiger partial charge in [-0.3, -0.25) is 0 Å². The summed E-state index contributed by atoms with van der Waals surface area (Å²) in [5, 5.41) is 17.4. The summed E-state index contributed by atoms with van der Waals surface area (Å²) in [6, 6.07) is 3.24. The number of aliphatic carboxylic acids is 1. The van der Waals surface area contributed by atoms with Gasteiger partial charge in [-0.1, -0.05) is 0 Å². The third kappa shape index (κ3) is 2.35. The molecule has 0 radical (unpaired) electrons. The van der Waals surface area contributed by atoms with Crippen molar-refractivity contribution in [3.05, 3.63) is 24.0 Å². The molecule has 0 aliphatic rings. The van der Waals surface area contributed by atoms with Crippen LogP contribution in [0.4, 0.5) is 4.39 Å². The van der Waals surface area contributed by atoms with Gasteiger partial charge < -0.3 is 14.9 Å². The van der Waals surface area contributed by atoms with Gasteiger partial charge in [-0.15, -0.1) is 0 Å². The lowest BCUT2D eigenvalue weighted by Gasteiger charge is -2.10. The Kier molecular flexibility index (Phi) is 2.91. The van der Waals surface area contributed by atoms with Gasteiger partial charge in [0, 0.05) is 6.07 Å². The molecule has 0 saturated heterocycles. The molecule has 0 fully saturated rings. The van der Waals surface area contributed by atoms with E-state index in [1.807, 2.05) is 0 Å². The Morgan fingerprint density at radius 1 is 1.57 bits per heavy atom. The number of halogens is 1. The van der Waals surface area contributed by atoms with Crippen LogP contribution in [0.25, 0.3) is 0 Å². The van der Waals surface area contributed by atoms with Crippen LogP contribution >= 0.6 is 0 Å². The van der Waals surface area contributed by atoms with E-state index in [9.17, 15) is 9.18 Å². The number of carboxylic acids is 1. The Morgan fingerprint density at radius 3 is 2.71 bits per heavy atom. The maximum atomic E-state index is 13.0. The molecular formula is C9H9FO4. The van der Waals surface area contributed by atoms with Gasteiger partial charge in [-0.2, -0.15) is 0 Å². The lowest BCUT2D eigenvalue weighted by atomic mass is 10.3. The summed E-state index contributed by atoms with van der Waals surface area (Å²) in [5.74, 6) is -2.41. The van der Waals surface area contributed by atoms with Crippen molar-refractivity contribution in [3.8, 4) is 11.5 Å². The number of phenolic OH excluding ortho intramolecular Hbond substituents is 1. The molecule has 2 N–H and O–H groups in total. The van der Waals surface area contributed by atoms with Crippen LogP contribution in [0.15, 0.2) is 18.2 Å². The molecule has 0 aliphatic heterocycles. The zero-order chi connectivity index (χ0) is 10.7. The van der Waals surface area contributed by atoms with Crippen molar-refractivity contribution in [2.75, 3.05) is 0 Å². The first kappa shape index (κ1) is 10.3. The predicted molar refractivity (Wildman–Crippen MR) is 45.8 cm³/mol. The van der Waals surface area contributed by atoms with Crippen LogP contribution in [-0.2, 0) is 4.79 Å². The van der Waals surface area contributed by atoms with E-state index in [4.69, 9.17) is 14.9 Å². The maximum absolute atomic E-state index is 13.0. The molecule has 1 rings (SSSR count). The normalized spacial score (nSPS) is 12.1. The van der Waals surface area contributed by atoms with Gasteiger partial charge in [0.25, 0.3) is 0 Å². The van der Waals surface area contributed by atoms with Crippen LogP contribution in [0.3, 0.4) is 0 Å². The highest BCUT2D eigenvalue weighted by atomic mass is 19.1. The number of carboxylic acid groups (broad SMARTS) is 1. The molecule has 0 heterocycles. The van der Waals surface area contributed by atoms with Crippen molar-refractivity contribution >= 4 is 5.97 Å². The number of carbonyl (C=O) groups is 1. The minimum Gasteiger partial charge on any atom is -0.508 e. The molecule has 1 aromatic carbocycles. The van der Waals surface area contributed by atoms with Crippen molar-refractivity contribution in [1.82, 2.24) is 0 Å². The van der Waals surface area contributed by atoms with Gasteiger partial charge in [0.15, 0.2) is 17.7 Å². The van der Waals surface area contributed by atoms with E-state index >= 15 is 0 Å². The highest BCUT2D eigenvalue weighted by Gasteiger charge is 2.14. The first-order valence-corrected chi connectivity index (χ1v) is 3.88. The summed E-state index contributed by atoms with van der Waals surface area (Å²) in [7, 11) is 0. The highest BCUT2D eigenvalue weighted by Crippen LogP contribution is 2.22. The van der Waals surface area contributed by atoms with E-state index in [1.54, 1.807) is 0 Å². The first-order chi connectivity index (χ1) is 6.50. The number of aromatic hydroxyl groups is 1. The predicted octanol–water partition coefficient (Wildman–Crippen LogP) is 1.38. The van der Waals surface area contributed by atoms with Gasteiger partial charge in [-0.05, 0) is 19.1 Å². The second-order valence-electron chi connectivity index (χ2n) is 2.71. The van der Waals surface area contributed by atoms with Crippen molar-refractivity contribution in [3.63, 3.8) is 0 Å². The standard InChI is InChI=1S/C9H9FO4/c1-5(9(12)13)14-8-3-2-6(11)4-7(8)10/h2-5,11H,1H3,(H,12,13). The summed E-state index contributed by atoms with van der Waals surface area (Å²) in [6.07, 6.45) is -1.13. The van der Waals surface area contributed by atoms with Crippen LogP contribution < -0.4 is 4.74 Å². The molecule has 1 atom stereocenters. The zero-order valence-electron chi connectivity index (χ0n) is 7.40. The highest BCUT2D eigenvalue weighted by molar-refractivity contribution is 5.72. The number of phenols is 1. The molecule has 0 amide bonds. The lowest BCUT2D eigenvalue weighted by molar-refractivity contribution is -0.144. The fourth-order valence-corrected chi connectivity index (χ4v) is 0.826. The SMILES string of the molecule is CC(Oc1ccc(O)cc1F)C(=O)O. The van der Waals surface area contributed by atoms with Gasteiger partial charge in [-0.25, -0.2) is 9.18 Å². The summed E-state index contributed by atoms with van der Waals surface area (Å²) < 4.78 is 17.8. The minimum atomic E-state index is -1.18. The summed E-state index contributed by atoms with van der Waals surface area (Å²) in [5.41, 5.74) is 0. The van der Waals surface area contributed by atoms with Crippen molar-refractivity contribution in [2.45, 2.75) is 13.0 Å². The van der Waals surface area contributed by atoms with Crippen molar-refractivity contribution in [2.24, 2.45) is 0 Å². The van der Waals surface area contributed by atoms with Crippen molar-refractivity contribution in [1.29, 1.82) is 0 Å². The number of benzene rings is 1. The lowest BCUT2D eigenvalue weighted by Crippen LogP contribution is -2.23. The zero-order valence-corrected chi connectivity index (χ0v) is 7.40. The van der Waals surface area contributed by atoms with Crippen LogP contribution in [0.1, 0.15) is 6.92 Å². The Morgan fingerprint density at radius 2 is 2.21 bits per heavy atom. The number of rotatable bonds is 3. The average Bonchev–Trinajstić information content (AvgIpc) is 2.09. The van der Waals surface area contributed by atoms with Crippen LogP contribution in [0.2, 0.25) is 0 Å². The first-order valence-electron chi connectivity index (χ1n) is 3.88. The van der Waals surface area contributed by atoms with E-state index < -0.39 is 17.9 Å². The molecule has 0 bridgehead atoms. The van der Waals surface area contributed by atoms with Crippen molar-refractivity contribution < 1.29 is 24.1 Å².